The van der Waals surface area contributed by atoms with Crippen molar-refractivity contribution >= 4 is 65.8 Å². The molecule has 0 aliphatic carbocycles. The van der Waals surface area contributed by atoms with Crippen molar-refractivity contribution in [2.75, 3.05) is 65.0 Å². The van der Waals surface area contributed by atoms with Gasteiger partial charge in [-0.05, 0) is 89.6 Å². The molecule has 0 aliphatic heterocycles. The summed E-state index contributed by atoms with van der Waals surface area (Å²) in [4.78, 5) is 86.6. The molecule has 60 heavy (non-hydrogen) atoms. The van der Waals surface area contributed by atoms with Gasteiger partial charge in [-0.25, -0.2) is 9.59 Å². The molecule has 0 saturated carbocycles. The molecule has 0 fully saturated rings. The maximum Gasteiger partial charge on any atom is 0.336 e. The van der Waals surface area contributed by atoms with Crippen LogP contribution in [0.1, 0.15) is 38.5 Å². The molecule has 0 radical (unpaired) electrons. The van der Waals surface area contributed by atoms with Crippen molar-refractivity contribution in [3.8, 4) is 0 Å². The van der Waals surface area contributed by atoms with Crippen LogP contribution in [0.3, 0.4) is 0 Å². The van der Waals surface area contributed by atoms with Gasteiger partial charge in [0, 0.05) is 61.4 Å². The van der Waals surface area contributed by atoms with E-state index in [9.17, 15) is 28.8 Å². The van der Waals surface area contributed by atoms with Gasteiger partial charge in [0.05, 0.1) is 43.6 Å². The molecule has 8 rings (SSSR count). The lowest BCUT2D eigenvalue weighted by molar-refractivity contribution is 0.376. The third-order valence-corrected chi connectivity index (χ3v) is 11.6. The summed E-state index contributed by atoms with van der Waals surface area (Å²) >= 11 is 0. The van der Waals surface area contributed by atoms with Crippen molar-refractivity contribution in [2.45, 2.75) is 51.6 Å². The number of pyridine rings is 2. The minimum atomic E-state index is -0.457. The molecule has 0 unspecified atom stereocenters. The molecule has 0 aliphatic rings. The van der Waals surface area contributed by atoms with E-state index in [1.54, 1.807) is 72.8 Å². The third kappa shape index (κ3) is 7.09. The maximum atomic E-state index is 13.9. The number of fused-ring (bicyclic) bond motifs is 4. The summed E-state index contributed by atoms with van der Waals surface area (Å²) in [5.41, 5.74) is 0.729. The van der Waals surface area contributed by atoms with Crippen LogP contribution in [-0.4, -0.2) is 82.1 Å². The zero-order valence-electron chi connectivity index (χ0n) is 34.5. The number of unbranched alkanes of at least 4 members (excludes halogenated alkanes) is 5. The van der Waals surface area contributed by atoms with Gasteiger partial charge in [0.2, 0.25) is 0 Å². The lowest BCUT2D eigenvalue weighted by Gasteiger charge is -2.17. The number of hydrogen-bond donors (Lipinski definition) is 2. The minimum Gasteiger partial charge on any atom is -0.384 e. The van der Waals surface area contributed by atoms with Crippen LogP contribution in [0.4, 0.5) is 11.4 Å². The number of nitrogens with zero attached hydrogens (tertiary/aromatic N) is 6. The molecule has 0 saturated heterocycles. The Labute approximate surface area is 344 Å². The monoisotopic (exact) mass is 810 g/mol. The summed E-state index contributed by atoms with van der Waals surface area (Å²) in [6, 6.07) is 21.1. The summed E-state index contributed by atoms with van der Waals surface area (Å²) in [7, 11) is 7.55. The van der Waals surface area contributed by atoms with Gasteiger partial charge in [-0.3, -0.25) is 37.1 Å². The molecule has 2 N–H and O–H groups in total. The second-order valence-electron chi connectivity index (χ2n) is 16.2. The van der Waals surface area contributed by atoms with Crippen LogP contribution in [0.2, 0.25) is 0 Å². The molecule has 4 aromatic heterocycles. The van der Waals surface area contributed by atoms with Crippen LogP contribution in [0.15, 0.2) is 102 Å². The molecule has 14 nitrogen and oxygen atoms in total. The largest absolute Gasteiger partial charge is 0.384 e. The summed E-state index contributed by atoms with van der Waals surface area (Å²) < 4.78 is 5.56. The Hall–Kier alpha value is -6.38. The van der Waals surface area contributed by atoms with Crippen molar-refractivity contribution < 1.29 is 0 Å². The average Bonchev–Trinajstić information content (AvgIpc) is 3.23. The van der Waals surface area contributed by atoms with E-state index in [0.29, 0.717) is 91.9 Å². The number of nitrogens with one attached hydrogen (secondary N) is 2. The number of rotatable bonds is 17. The van der Waals surface area contributed by atoms with Gasteiger partial charge >= 0.3 is 11.4 Å². The van der Waals surface area contributed by atoms with Crippen molar-refractivity contribution in [3.63, 3.8) is 0 Å². The van der Waals surface area contributed by atoms with Crippen LogP contribution in [0.25, 0.3) is 54.4 Å². The first kappa shape index (κ1) is 40.4. The fourth-order valence-electron chi connectivity index (χ4n) is 8.48. The molecule has 8 aromatic rings. The van der Waals surface area contributed by atoms with E-state index in [2.05, 4.69) is 10.6 Å². The van der Waals surface area contributed by atoms with Gasteiger partial charge in [-0.1, -0.05) is 49.9 Å². The number of aromatic nitrogens is 4. The highest BCUT2D eigenvalue weighted by atomic mass is 16.2. The number of likely N-dealkylation sites (N-methyl/N-ethyl adjacent to an activating group) is 2. The Morgan fingerprint density at radius 1 is 0.467 bits per heavy atom. The highest BCUT2D eigenvalue weighted by Crippen LogP contribution is 2.28. The van der Waals surface area contributed by atoms with E-state index in [1.165, 1.54) is 17.9 Å². The third-order valence-electron chi connectivity index (χ3n) is 11.6. The summed E-state index contributed by atoms with van der Waals surface area (Å²) in [5, 5.41) is 9.08. The molecule has 4 aromatic carbocycles. The molecule has 0 atom stereocenters. The van der Waals surface area contributed by atoms with Crippen LogP contribution < -0.4 is 44.0 Å². The van der Waals surface area contributed by atoms with Crippen LogP contribution in [-0.2, 0) is 13.1 Å². The van der Waals surface area contributed by atoms with Crippen molar-refractivity contribution in [3.05, 3.63) is 135 Å². The highest BCUT2D eigenvalue weighted by Gasteiger charge is 2.22. The SMILES string of the molecule is CN(C)CCn1c(=O)c2ccc(NCCCCCCCCNc3ccc4c(=O)n(CCN(C)C)c(=O)n5c6ccccc6c(=O)c3c45)c3c(=O)c4ccccc4n(c1=O)c23. The average molecular weight is 811 g/mol. The van der Waals surface area contributed by atoms with E-state index < -0.39 is 22.5 Å². The van der Waals surface area contributed by atoms with E-state index in [0.717, 1.165) is 38.5 Å². The van der Waals surface area contributed by atoms with E-state index in [1.807, 2.05) is 38.0 Å². The summed E-state index contributed by atoms with van der Waals surface area (Å²) in [6.07, 6.45) is 5.67. The normalized spacial score (nSPS) is 12.2. The fraction of sp³-hybridized carbons (Fsp3) is 0.348. The van der Waals surface area contributed by atoms with Gasteiger partial charge in [-0.2, -0.15) is 0 Å². The van der Waals surface area contributed by atoms with Crippen LogP contribution in [0.5, 0.6) is 0 Å². The topological polar surface area (TPSA) is 152 Å². The van der Waals surface area contributed by atoms with Gasteiger partial charge in [-0.15, -0.1) is 0 Å². The first-order valence-corrected chi connectivity index (χ1v) is 20.7. The standard InChI is InChI=1S/C46H50N8O6/c1-49(2)25-27-51-43(57)31-19-21-33(37-39(31)53(45(51)59)35-17-11-9-15-29(35)41(37)55)47-23-13-7-5-6-8-14-24-48-34-22-20-32-40-38(34)42(56)30-16-10-12-18-36(30)54(40)46(60)52(44(32)58)28-26-50(3)4/h9-12,15-22,47-48H,5-8,13-14,23-28H2,1-4H3. The molecular weight excluding hydrogens is 761 g/mol. The minimum absolute atomic E-state index is 0.215. The molecule has 14 heteroatoms. The van der Waals surface area contributed by atoms with Gasteiger partial charge < -0.3 is 20.4 Å². The highest BCUT2D eigenvalue weighted by molar-refractivity contribution is 6.08. The maximum absolute atomic E-state index is 13.9. The second kappa shape index (κ2) is 16.7. The molecule has 4 heterocycles. The molecular formula is C46H50N8O6. The Bertz CT molecular complexity index is 3060. The number of para-hydroxylation sites is 2. The molecule has 0 amide bonds. The van der Waals surface area contributed by atoms with Gasteiger partial charge in [0.25, 0.3) is 11.1 Å². The Morgan fingerprint density at radius 2 is 0.850 bits per heavy atom. The lowest BCUT2D eigenvalue weighted by atomic mass is 10.0. The quantitative estimate of drug-likeness (QED) is 0.0768. The van der Waals surface area contributed by atoms with Crippen molar-refractivity contribution in [1.82, 2.24) is 27.7 Å². The molecule has 0 bridgehead atoms. The summed E-state index contributed by atoms with van der Waals surface area (Å²) in [6.45, 7) is 2.73. The van der Waals surface area contributed by atoms with E-state index in [4.69, 9.17) is 0 Å². The Kier molecular flexibility index (Phi) is 11.2. The van der Waals surface area contributed by atoms with Gasteiger partial charge in [0.1, 0.15) is 0 Å². The zero-order valence-corrected chi connectivity index (χ0v) is 34.5. The first-order chi connectivity index (χ1) is 29.0. The second-order valence-corrected chi connectivity index (χ2v) is 16.2. The van der Waals surface area contributed by atoms with Gasteiger partial charge in [0.15, 0.2) is 10.9 Å². The first-order valence-electron chi connectivity index (χ1n) is 20.7. The zero-order chi connectivity index (χ0) is 42.2. The van der Waals surface area contributed by atoms with Crippen molar-refractivity contribution in [1.29, 1.82) is 0 Å². The van der Waals surface area contributed by atoms with E-state index in [-0.39, 0.29) is 23.9 Å². The van der Waals surface area contributed by atoms with E-state index >= 15 is 0 Å². The number of hydrogen-bond acceptors (Lipinski definition) is 10. The van der Waals surface area contributed by atoms with Crippen molar-refractivity contribution in [2.24, 2.45) is 0 Å². The summed E-state index contributed by atoms with van der Waals surface area (Å²) in [5.74, 6) is 0. The molecule has 310 valence electrons. The fourth-order valence-corrected chi connectivity index (χ4v) is 8.48. The number of anilines is 2. The lowest BCUT2D eigenvalue weighted by Crippen LogP contribution is -2.40. The molecule has 0 spiro atoms. The Morgan fingerprint density at radius 3 is 1.25 bits per heavy atom. The smallest absolute Gasteiger partial charge is 0.336 e. The van der Waals surface area contributed by atoms with Crippen LogP contribution in [0, 0.1) is 0 Å². The Balaban J connectivity index is 0.916. The predicted molar refractivity (Wildman–Crippen MR) is 243 cm³/mol. The number of benzene rings is 4. The van der Waals surface area contributed by atoms with Crippen LogP contribution >= 0.6 is 0 Å². The predicted octanol–water partition coefficient (Wildman–Crippen LogP) is 4.43.